The van der Waals surface area contributed by atoms with Gasteiger partial charge in [-0.05, 0) is 19.1 Å². The Bertz CT molecular complexity index is 406. The second kappa shape index (κ2) is 5.46. The SMILES string of the molecule is CC(CC(N)=O)Nc1ccccc1C(N)=S. The van der Waals surface area contributed by atoms with Crippen LogP contribution < -0.4 is 16.8 Å². The normalized spacial score (nSPS) is 11.8. The zero-order valence-electron chi connectivity index (χ0n) is 9.07. The molecule has 0 aliphatic heterocycles. The van der Waals surface area contributed by atoms with Crippen LogP contribution in [-0.4, -0.2) is 16.9 Å². The number of primary amides is 1. The number of carbonyl (C=O) groups excluding carboxylic acids is 1. The summed E-state index contributed by atoms with van der Waals surface area (Å²) in [7, 11) is 0. The smallest absolute Gasteiger partial charge is 0.219 e. The highest BCUT2D eigenvalue weighted by molar-refractivity contribution is 7.80. The van der Waals surface area contributed by atoms with E-state index in [2.05, 4.69) is 5.32 Å². The Balaban J connectivity index is 2.80. The van der Waals surface area contributed by atoms with E-state index in [9.17, 15) is 4.79 Å². The number of thiocarbonyl (C=S) groups is 1. The summed E-state index contributed by atoms with van der Waals surface area (Å²) in [6.07, 6.45) is 0.270. The average Bonchev–Trinajstić information content (AvgIpc) is 2.16. The fraction of sp³-hybridized carbons (Fsp3) is 0.273. The van der Waals surface area contributed by atoms with Crippen LogP contribution in [-0.2, 0) is 4.79 Å². The Labute approximate surface area is 100 Å². The van der Waals surface area contributed by atoms with Gasteiger partial charge in [-0.3, -0.25) is 4.79 Å². The van der Waals surface area contributed by atoms with Crippen LogP contribution in [0.2, 0.25) is 0 Å². The highest BCUT2D eigenvalue weighted by Gasteiger charge is 2.09. The highest BCUT2D eigenvalue weighted by atomic mass is 32.1. The monoisotopic (exact) mass is 237 g/mol. The first-order valence-corrected chi connectivity index (χ1v) is 5.35. The molecule has 0 aliphatic carbocycles. The highest BCUT2D eigenvalue weighted by Crippen LogP contribution is 2.16. The van der Waals surface area contributed by atoms with Gasteiger partial charge in [0.15, 0.2) is 0 Å². The van der Waals surface area contributed by atoms with E-state index in [0.29, 0.717) is 4.99 Å². The van der Waals surface area contributed by atoms with E-state index >= 15 is 0 Å². The quantitative estimate of drug-likeness (QED) is 0.667. The zero-order valence-corrected chi connectivity index (χ0v) is 9.88. The maximum atomic E-state index is 10.8. The fourth-order valence-corrected chi connectivity index (χ4v) is 1.62. The fourth-order valence-electron chi connectivity index (χ4n) is 1.44. The van der Waals surface area contributed by atoms with Gasteiger partial charge in [-0.1, -0.05) is 24.4 Å². The maximum Gasteiger partial charge on any atom is 0.219 e. The number of nitrogens with one attached hydrogen (secondary N) is 1. The molecule has 86 valence electrons. The number of carbonyl (C=O) groups is 1. The van der Waals surface area contributed by atoms with Crippen LogP contribution in [0.25, 0.3) is 0 Å². The minimum Gasteiger partial charge on any atom is -0.389 e. The van der Waals surface area contributed by atoms with Crippen molar-refractivity contribution < 1.29 is 4.79 Å². The van der Waals surface area contributed by atoms with Gasteiger partial charge in [0.1, 0.15) is 4.99 Å². The Morgan fingerprint density at radius 1 is 1.44 bits per heavy atom. The third-order valence-electron chi connectivity index (χ3n) is 2.10. The maximum absolute atomic E-state index is 10.8. The first-order valence-electron chi connectivity index (χ1n) is 4.94. The van der Waals surface area contributed by atoms with Gasteiger partial charge in [-0.15, -0.1) is 0 Å². The van der Waals surface area contributed by atoms with Crippen molar-refractivity contribution in [3.8, 4) is 0 Å². The summed E-state index contributed by atoms with van der Waals surface area (Å²) in [5.41, 5.74) is 12.3. The summed E-state index contributed by atoms with van der Waals surface area (Å²) in [5, 5.41) is 3.15. The number of benzene rings is 1. The lowest BCUT2D eigenvalue weighted by Crippen LogP contribution is -2.25. The zero-order chi connectivity index (χ0) is 12.1. The van der Waals surface area contributed by atoms with E-state index < -0.39 is 0 Å². The lowest BCUT2D eigenvalue weighted by Gasteiger charge is -2.16. The Hall–Kier alpha value is -1.62. The van der Waals surface area contributed by atoms with Crippen LogP contribution in [0, 0.1) is 0 Å². The second-order valence-corrected chi connectivity index (χ2v) is 4.07. The van der Waals surface area contributed by atoms with Gasteiger partial charge in [-0.2, -0.15) is 0 Å². The first-order chi connectivity index (χ1) is 7.50. The lowest BCUT2D eigenvalue weighted by molar-refractivity contribution is -0.118. The minimum atomic E-state index is -0.340. The molecule has 5 N–H and O–H groups in total. The third-order valence-corrected chi connectivity index (χ3v) is 2.32. The molecule has 5 heteroatoms. The van der Waals surface area contributed by atoms with Crippen LogP contribution in [0.3, 0.4) is 0 Å². The molecule has 0 radical (unpaired) electrons. The topological polar surface area (TPSA) is 81.1 Å². The molecular formula is C11H15N3OS. The Morgan fingerprint density at radius 2 is 2.06 bits per heavy atom. The van der Waals surface area contributed by atoms with Crippen molar-refractivity contribution in [3.05, 3.63) is 29.8 Å². The number of amides is 1. The molecule has 4 nitrogen and oxygen atoms in total. The molecule has 0 fully saturated rings. The van der Waals surface area contributed by atoms with Gasteiger partial charge in [0.2, 0.25) is 5.91 Å². The molecule has 1 amide bonds. The van der Waals surface area contributed by atoms with Crippen molar-refractivity contribution in [2.45, 2.75) is 19.4 Å². The Morgan fingerprint density at radius 3 is 2.62 bits per heavy atom. The van der Waals surface area contributed by atoms with E-state index in [0.717, 1.165) is 11.3 Å². The van der Waals surface area contributed by atoms with Gasteiger partial charge in [-0.25, -0.2) is 0 Å². The van der Waals surface area contributed by atoms with Crippen LogP contribution in [0.1, 0.15) is 18.9 Å². The van der Waals surface area contributed by atoms with Gasteiger partial charge in [0.05, 0.1) is 0 Å². The molecule has 0 aliphatic rings. The summed E-state index contributed by atoms with van der Waals surface area (Å²) in [6, 6.07) is 7.39. The molecule has 1 atom stereocenters. The molecule has 1 unspecified atom stereocenters. The summed E-state index contributed by atoms with van der Waals surface area (Å²) in [6.45, 7) is 1.88. The average molecular weight is 237 g/mol. The van der Waals surface area contributed by atoms with E-state index in [4.69, 9.17) is 23.7 Å². The molecule has 1 aromatic rings. The van der Waals surface area contributed by atoms with Crippen molar-refractivity contribution in [1.82, 2.24) is 0 Å². The van der Waals surface area contributed by atoms with E-state index in [-0.39, 0.29) is 18.4 Å². The molecule has 0 heterocycles. The molecule has 0 bridgehead atoms. The molecular weight excluding hydrogens is 222 g/mol. The van der Waals surface area contributed by atoms with E-state index in [1.807, 2.05) is 31.2 Å². The molecule has 1 rings (SSSR count). The Kier molecular flexibility index (Phi) is 4.25. The lowest BCUT2D eigenvalue weighted by atomic mass is 10.1. The van der Waals surface area contributed by atoms with E-state index in [1.54, 1.807) is 0 Å². The molecule has 0 aromatic heterocycles. The summed E-state index contributed by atoms with van der Waals surface area (Å²) < 4.78 is 0. The second-order valence-electron chi connectivity index (χ2n) is 3.63. The minimum absolute atomic E-state index is 0.0481. The van der Waals surface area contributed by atoms with Crippen LogP contribution in [0.5, 0.6) is 0 Å². The van der Waals surface area contributed by atoms with Crippen LogP contribution >= 0.6 is 12.2 Å². The number of rotatable bonds is 5. The van der Waals surface area contributed by atoms with Gasteiger partial charge >= 0.3 is 0 Å². The predicted octanol–water partition coefficient (Wildman–Crippen LogP) is 0.997. The van der Waals surface area contributed by atoms with Crippen molar-refractivity contribution in [3.63, 3.8) is 0 Å². The van der Waals surface area contributed by atoms with Crippen molar-refractivity contribution >= 4 is 28.8 Å². The van der Waals surface area contributed by atoms with Gasteiger partial charge < -0.3 is 16.8 Å². The number of nitrogens with two attached hydrogens (primary N) is 2. The van der Waals surface area contributed by atoms with Crippen LogP contribution in [0.4, 0.5) is 5.69 Å². The summed E-state index contributed by atoms with van der Waals surface area (Å²) >= 11 is 4.94. The third kappa shape index (κ3) is 3.51. The molecule has 0 saturated carbocycles. The van der Waals surface area contributed by atoms with Crippen molar-refractivity contribution in [1.29, 1.82) is 0 Å². The predicted molar refractivity (Wildman–Crippen MR) is 69.2 cm³/mol. The van der Waals surface area contributed by atoms with Gasteiger partial charge in [0.25, 0.3) is 0 Å². The largest absolute Gasteiger partial charge is 0.389 e. The summed E-state index contributed by atoms with van der Waals surface area (Å²) in [5.74, 6) is -0.340. The molecule has 0 spiro atoms. The number of anilines is 1. The van der Waals surface area contributed by atoms with Gasteiger partial charge in [0, 0.05) is 23.7 Å². The standard InChI is InChI=1S/C11H15N3OS/c1-7(6-10(12)15)14-9-5-3-2-4-8(9)11(13)16/h2-5,7,14H,6H2,1H3,(H2,12,15)(H2,13,16). The summed E-state index contributed by atoms with van der Waals surface area (Å²) in [4.78, 5) is 11.1. The van der Waals surface area contributed by atoms with Crippen molar-refractivity contribution in [2.24, 2.45) is 11.5 Å². The van der Waals surface area contributed by atoms with Crippen LogP contribution in [0.15, 0.2) is 24.3 Å². The number of para-hydroxylation sites is 1. The van der Waals surface area contributed by atoms with E-state index in [1.165, 1.54) is 0 Å². The molecule has 1 aromatic carbocycles. The number of hydrogen-bond acceptors (Lipinski definition) is 3. The number of hydrogen-bond donors (Lipinski definition) is 3. The van der Waals surface area contributed by atoms with Crippen molar-refractivity contribution in [2.75, 3.05) is 5.32 Å². The molecule has 16 heavy (non-hydrogen) atoms. The first kappa shape index (κ1) is 12.4. The molecule has 0 saturated heterocycles.